The molecule has 10 heteroatoms. The summed E-state index contributed by atoms with van der Waals surface area (Å²) >= 11 is 0. The molecule has 4 rings (SSSR count). The maximum atomic E-state index is 15.8. The summed E-state index contributed by atoms with van der Waals surface area (Å²) < 4.78 is 62.1. The van der Waals surface area contributed by atoms with Crippen molar-refractivity contribution in [1.29, 1.82) is 0 Å². The van der Waals surface area contributed by atoms with Crippen molar-refractivity contribution in [1.82, 2.24) is 15.4 Å². The summed E-state index contributed by atoms with van der Waals surface area (Å²) in [6, 6.07) is 6.65. The smallest absolute Gasteiger partial charge is 0.249 e. The molecule has 1 fully saturated rings. The van der Waals surface area contributed by atoms with Gasteiger partial charge in [-0.1, -0.05) is 0 Å². The molecular weight excluding hydrogens is 514 g/mol. The molecule has 2 heterocycles. The highest BCUT2D eigenvalue weighted by Crippen LogP contribution is 2.41. The zero-order valence-corrected chi connectivity index (χ0v) is 22.1. The number of carbonyl (C=O) groups excluding carboxylic acids is 1. The SMILES string of the molecule is COc1ccc2ncc(C)c(C(F)CCC3(C(=O)NO)CCN(CCCc4c(F)cc(F)cc4F)CC3)c2c1. The molecule has 210 valence electrons. The van der Waals surface area contributed by atoms with Gasteiger partial charge in [-0.3, -0.25) is 15.0 Å². The lowest BCUT2D eigenvalue weighted by molar-refractivity contribution is -0.143. The minimum atomic E-state index is -1.36. The number of rotatable bonds is 10. The molecular formula is C29H33F4N3O3. The van der Waals surface area contributed by atoms with Gasteiger partial charge in [0.25, 0.3) is 0 Å². The zero-order valence-electron chi connectivity index (χ0n) is 22.1. The Bertz CT molecular complexity index is 1310. The number of alkyl halides is 1. The number of hydrogen-bond donors (Lipinski definition) is 2. The highest BCUT2D eigenvalue weighted by atomic mass is 19.1. The molecule has 0 aliphatic carbocycles. The summed E-state index contributed by atoms with van der Waals surface area (Å²) in [7, 11) is 1.54. The number of nitrogens with one attached hydrogen (secondary N) is 1. The summed E-state index contributed by atoms with van der Waals surface area (Å²) in [4.78, 5) is 19.2. The van der Waals surface area contributed by atoms with Crippen molar-refractivity contribution in [3.8, 4) is 5.75 Å². The van der Waals surface area contributed by atoms with E-state index in [4.69, 9.17) is 4.74 Å². The molecule has 1 aliphatic heterocycles. The average molecular weight is 548 g/mol. The van der Waals surface area contributed by atoms with Gasteiger partial charge in [0, 0.05) is 29.3 Å². The van der Waals surface area contributed by atoms with E-state index in [0.717, 1.165) is 0 Å². The summed E-state index contributed by atoms with van der Waals surface area (Å²) in [6.07, 6.45) is 1.94. The number of piperidine rings is 1. The highest BCUT2D eigenvalue weighted by molar-refractivity contribution is 5.85. The van der Waals surface area contributed by atoms with Crippen molar-refractivity contribution < 1.29 is 32.3 Å². The van der Waals surface area contributed by atoms with Gasteiger partial charge >= 0.3 is 0 Å². The van der Waals surface area contributed by atoms with E-state index in [2.05, 4.69) is 9.88 Å². The third-order valence-corrected chi connectivity index (χ3v) is 7.91. The van der Waals surface area contributed by atoms with E-state index < -0.39 is 34.9 Å². The van der Waals surface area contributed by atoms with Crippen LogP contribution in [0.25, 0.3) is 10.9 Å². The molecule has 0 radical (unpaired) electrons. The fraction of sp³-hybridized carbons (Fsp3) is 0.448. The van der Waals surface area contributed by atoms with E-state index in [1.807, 2.05) is 0 Å². The Morgan fingerprint density at radius 2 is 1.87 bits per heavy atom. The Hall–Kier alpha value is -3.24. The first-order chi connectivity index (χ1) is 18.7. The molecule has 1 atom stereocenters. The molecule has 3 aromatic rings. The molecule has 1 saturated heterocycles. The number of nitrogens with zero attached hydrogens (tertiary/aromatic N) is 2. The predicted octanol–water partition coefficient (Wildman–Crippen LogP) is 5.98. The highest BCUT2D eigenvalue weighted by Gasteiger charge is 2.41. The number of carbonyl (C=O) groups is 1. The van der Waals surface area contributed by atoms with Crippen molar-refractivity contribution >= 4 is 16.8 Å². The van der Waals surface area contributed by atoms with Gasteiger partial charge in [-0.05, 0) is 94.4 Å². The number of halogens is 4. The van der Waals surface area contributed by atoms with Gasteiger partial charge in [-0.2, -0.15) is 0 Å². The molecule has 1 aromatic heterocycles. The van der Waals surface area contributed by atoms with E-state index in [1.54, 1.807) is 43.9 Å². The van der Waals surface area contributed by atoms with Gasteiger partial charge in [0.2, 0.25) is 5.91 Å². The normalized spacial score (nSPS) is 16.3. The number of ether oxygens (including phenoxy) is 1. The molecule has 1 unspecified atom stereocenters. The summed E-state index contributed by atoms with van der Waals surface area (Å²) in [5, 5.41) is 10.1. The third-order valence-electron chi connectivity index (χ3n) is 7.91. The zero-order chi connectivity index (χ0) is 28.2. The van der Waals surface area contributed by atoms with Crippen molar-refractivity contribution in [2.75, 3.05) is 26.7 Å². The van der Waals surface area contributed by atoms with Crippen LogP contribution >= 0.6 is 0 Å². The first-order valence-corrected chi connectivity index (χ1v) is 13.0. The second-order valence-electron chi connectivity index (χ2n) is 10.3. The lowest BCUT2D eigenvalue weighted by atomic mass is 9.73. The Kier molecular flexibility index (Phi) is 9.07. The topological polar surface area (TPSA) is 74.7 Å². The minimum absolute atomic E-state index is 0.0771. The van der Waals surface area contributed by atoms with E-state index in [9.17, 15) is 23.2 Å². The lowest BCUT2D eigenvalue weighted by Gasteiger charge is -2.40. The number of hydrogen-bond acceptors (Lipinski definition) is 5. The number of methoxy groups -OCH3 is 1. The second kappa shape index (κ2) is 12.3. The van der Waals surface area contributed by atoms with Crippen molar-refractivity contribution in [3.05, 3.63) is 70.7 Å². The summed E-state index contributed by atoms with van der Waals surface area (Å²) in [5.74, 6) is -2.70. The van der Waals surface area contributed by atoms with Crippen LogP contribution in [-0.2, 0) is 11.2 Å². The van der Waals surface area contributed by atoms with Gasteiger partial charge in [-0.15, -0.1) is 0 Å². The Morgan fingerprint density at radius 1 is 1.18 bits per heavy atom. The van der Waals surface area contributed by atoms with Crippen LogP contribution in [0.2, 0.25) is 0 Å². The number of hydroxylamine groups is 1. The number of aryl methyl sites for hydroxylation is 1. The Morgan fingerprint density at radius 3 is 2.51 bits per heavy atom. The molecule has 6 nitrogen and oxygen atoms in total. The number of pyridine rings is 1. The van der Waals surface area contributed by atoms with Gasteiger partial charge in [0.1, 0.15) is 29.4 Å². The summed E-state index contributed by atoms with van der Waals surface area (Å²) in [6.45, 7) is 3.34. The van der Waals surface area contributed by atoms with Crippen molar-refractivity contribution in [2.45, 2.75) is 51.6 Å². The van der Waals surface area contributed by atoms with Gasteiger partial charge in [0.15, 0.2) is 0 Å². The monoisotopic (exact) mass is 547 g/mol. The fourth-order valence-electron chi connectivity index (χ4n) is 5.59. The second-order valence-corrected chi connectivity index (χ2v) is 10.3. The predicted molar refractivity (Wildman–Crippen MR) is 139 cm³/mol. The van der Waals surface area contributed by atoms with Crippen LogP contribution in [0.4, 0.5) is 17.6 Å². The minimum Gasteiger partial charge on any atom is -0.497 e. The van der Waals surface area contributed by atoms with Crippen LogP contribution in [0.3, 0.4) is 0 Å². The molecule has 1 aliphatic rings. The maximum Gasteiger partial charge on any atom is 0.249 e. The lowest BCUT2D eigenvalue weighted by Crippen LogP contribution is -2.48. The van der Waals surface area contributed by atoms with Crippen LogP contribution in [-0.4, -0.2) is 47.7 Å². The quantitative estimate of drug-likeness (QED) is 0.186. The van der Waals surface area contributed by atoms with Crippen molar-refractivity contribution in [2.24, 2.45) is 5.41 Å². The van der Waals surface area contributed by atoms with Gasteiger partial charge in [0.05, 0.1) is 18.0 Å². The number of amides is 1. The van der Waals surface area contributed by atoms with E-state index >= 15 is 4.39 Å². The van der Waals surface area contributed by atoms with Crippen LogP contribution in [0.15, 0.2) is 36.5 Å². The van der Waals surface area contributed by atoms with Crippen LogP contribution in [0.1, 0.15) is 55.0 Å². The van der Waals surface area contributed by atoms with Crippen LogP contribution < -0.4 is 10.2 Å². The first kappa shape index (κ1) is 28.8. The molecule has 1 amide bonds. The fourth-order valence-corrected chi connectivity index (χ4v) is 5.59. The number of aromatic nitrogens is 1. The molecule has 2 N–H and O–H groups in total. The van der Waals surface area contributed by atoms with Crippen LogP contribution in [0, 0.1) is 29.8 Å². The maximum absolute atomic E-state index is 15.8. The third kappa shape index (κ3) is 6.33. The summed E-state index contributed by atoms with van der Waals surface area (Å²) in [5.41, 5.74) is 2.54. The molecule has 0 spiro atoms. The van der Waals surface area contributed by atoms with Gasteiger partial charge < -0.3 is 9.64 Å². The average Bonchev–Trinajstić information content (AvgIpc) is 2.93. The standard InChI is InChI=1S/C29H33F4N3O3/c1-18-17-34-26-6-5-20(39-2)16-22(26)27(18)23(31)7-8-29(28(37)35-38)9-12-36(13-10-29)11-3-4-21-24(32)14-19(30)15-25(21)33/h5-6,14-17,23,38H,3-4,7-13H2,1-2H3,(H,35,37). The number of likely N-dealkylation sites (tertiary alicyclic amines) is 1. The Balaban J connectivity index is 1.40. The van der Waals surface area contributed by atoms with E-state index in [1.165, 1.54) is 0 Å². The largest absolute Gasteiger partial charge is 0.497 e. The van der Waals surface area contributed by atoms with Crippen molar-refractivity contribution in [3.63, 3.8) is 0 Å². The number of benzene rings is 2. The van der Waals surface area contributed by atoms with E-state index in [-0.39, 0.29) is 24.8 Å². The number of fused-ring (bicyclic) bond motifs is 1. The molecule has 0 saturated carbocycles. The van der Waals surface area contributed by atoms with E-state index in [0.29, 0.717) is 78.8 Å². The Labute approximate surface area is 224 Å². The van der Waals surface area contributed by atoms with Crippen LogP contribution in [0.5, 0.6) is 5.75 Å². The molecule has 0 bridgehead atoms. The molecule has 2 aromatic carbocycles. The first-order valence-electron chi connectivity index (χ1n) is 13.0. The molecule has 39 heavy (non-hydrogen) atoms. The van der Waals surface area contributed by atoms with Gasteiger partial charge in [-0.25, -0.2) is 23.0 Å².